The van der Waals surface area contributed by atoms with Crippen LogP contribution in [0, 0.1) is 6.04 Å². The Labute approximate surface area is 95.7 Å². The van der Waals surface area contributed by atoms with Crippen LogP contribution < -0.4 is 4.90 Å². The Morgan fingerprint density at radius 1 is 1.06 bits per heavy atom. The molecule has 1 aliphatic carbocycles. The van der Waals surface area contributed by atoms with E-state index in [9.17, 15) is 9.90 Å². The monoisotopic (exact) mass is 218 g/mol. The summed E-state index contributed by atoms with van der Waals surface area (Å²) in [5.41, 5.74) is 0.756. The first kappa shape index (κ1) is 11.0. The van der Waals surface area contributed by atoms with Crippen LogP contribution in [-0.4, -0.2) is 11.2 Å². The Balaban J connectivity index is 2.20. The van der Waals surface area contributed by atoms with Gasteiger partial charge >= 0.3 is 6.09 Å². The van der Waals surface area contributed by atoms with Gasteiger partial charge in [0.1, 0.15) is 0 Å². The Kier molecular flexibility index (Phi) is 3.44. The molecule has 1 amide bonds. The zero-order valence-corrected chi connectivity index (χ0v) is 9.22. The van der Waals surface area contributed by atoms with E-state index in [0.29, 0.717) is 0 Å². The van der Waals surface area contributed by atoms with Crippen LogP contribution in [0.15, 0.2) is 30.3 Å². The molecule has 0 saturated heterocycles. The molecular formula is C13H16NO2. The van der Waals surface area contributed by atoms with Gasteiger partial charge in [-0.15, -0.1) is 0 Å². The largest absolute Gasteiger partial charge is 0.465 e. The number of nitrogens with zero attached hydrogens (tertiary/aromatic N) is 1. The molecule has 1 radical (unpaired) electrons. The van der Waals surface area contributed by atoms with Crippen molar-refractivity contribution in [2.75, 3.05) is 4.90 Å². The van der Waals surface area contributed by atoms with E-state index in [2.05, 4.69) is 0 Å². The van der Waals surface area contributed by atoms with Crippen LogP contribution in [-0.2, 0) is 0 Å². The van der Waals surface area contributed by atoms with Crippen LogP contribution in [0.25, 0.3) is 0 Å². The lowest BCUT2D eigenvalue weighted by Crippen LogP contribution is -2.34. The van der Waals surface area contributed by atoms with Gasteiger partial charge in [0, 0.05) is 5.69 Å². The summed E-state index contributed by atoms with van der Waals surface area (Å²) in [5.74, 6) is 0. The van der Waals surface area contributed by atoms with E-state index < -0.39 is 6.09 Å². The maximum Gasteiger partial charge on any atom is 0.412 e. The minimum atomic E-state index is -0.872. The smallest absolute Gasteiger partial charge is 0.412 e. The van der Waals surface area contributed by atoms with Crippen LogP contribution >= 0.6 is 0 Å². The lowest BCUT2D eigenvalue weighted by atomic mass is 9.94. The van der Waals surface area contributed by atoms with Gasteiger partial charge < -0.3 is 5.11 Å². The molecule has 2 rings (SSSR count). The molecule has 0 aromatic heterocycles. The van der Waals surface area contributed by atoms with Gasteiger partial charge in [0.05, 0.1) is 6.04 Å². The minimum absolute atomic E-state index is 0.756. The van der Waals surface area contributed by atoms with E-state index in [4.69, 9.17) is 0 Å². The van der Waals surface area contributed by atoms with Crippen molar-refractivity contribution in [3.8, 4) is 0 Å². The molecule has 1 N–H and O–H groups in total. The number of hydrogen-bond acceptors (Lipinski definition) is 1. The van der Waals surface area contributed by atoms with Gasteiger partial charge in [0.25, 0.3) is 0 Å². The first-order valence-corrected chi connectivity index (χ1v) is 5.72. The summed E-state index contributed by atoms with van der Waals surface area (Å²) < 4.78 is 0. The van der Waals surface area contributed by atoms with Gasteiger partial charge in [-0.25, -0.2) is 4.79 Å². The van der Waals surface area contributed by atoms with Gasteiger partial charge in [0.2, 0.25) is 0 Å². The number of hydrogen-bond donors (Lipinski definition) is 1. The van der Waals surface area contributed by atoms with Gasteiger partial charge in [0.15, 0.2) is 0 Å². The van der Waals surface area contributed by atoms with E-state index in [1.807, 2.05) is 30.3 Å². The highest BCUT2D eigenvalue weighted by Crippen LogP contribution is 2.32. The summed E-state index contributed by atoms with van der Waals surface area (Å²) in [6.07, 6.45) is 4.36. The van der Waals surface area contributed by atoms with Crippen LogP contribution in [0.4, 0.5) is 10.5 Å². The number of anilines is 1. The highest BCUT2D eigenvalue weighted by atomic mass is 16.4. The molecular weight excluding hydrogens is 202 g/mol. The zero-order chi connectivity index (χ0) is 11.4. The third-order valence-electron chi connectivity index (χ3n) is 2.95. The Bertz CT molecular complexity index is 344. The fraction of sp³-hybridized carbons (Fsp3) is 0.385. The standard InChI is InChI=1S/C13H16NO2/c15-13(16)14(11-7-3-1-4-8-11)12-9-5-2-6-10-12/h1,3-4,7-8H,2,5-6,9-10H2,(H,15,16). The molecule has 1 aromatic carbocycles. The fourth-order valence-electron chi connectivity index (χ4n) is 2.19. The second-order valence-electron chi connectivity index (χ2n) is 4.08. The van der Waals surface area contributed by atoms with E-state index in [1.54, 1.807) is 0 Å². The predicted octanol–water partition coefficient (Wildman–Crippen LogP) is 3.67. The van der Waals surface area contributed by atoms with Crippen molar-refractivity contribution in [3.05, 3.63) is 36.4 Å². The molecule has 1 fully saturated rings. The molecule has 1 aromatic rings. The molecule has 3 heteroatoms. The molecule has 1 aliphatic rings. The Morgan fingerprint density at radius 3 is 2.25 bits per heavy atom. The summed E-state index contributed by atoms with van der Waals surface area (Å²) in [6, 6.07) is 10.4. The number of rotatable bonds is 2. The van der Waals surface area contributed by atoms with Crippen LogP contribution in [0.3, 0.4) is 0 Å². The van der Waals surface area contributed by atoms with Crippen LogP contribution in [0.2, 0.25) is 0 Å². The number of carboxylic acid groups (broad SMARTS) is 1. The third-order valence-corrected chi connectivity index (χ3v) is 2.95. The average Bonchev–Trinajstić information content (AvgIpc) is 2.31. The molecule has 16 heavy (non-hydrogen) atoms. The van der Waals surface area contributed by atoms with Gasteiger partial charge in [-0.2, -0.15) is 0 Å². The van der Waals surface area contributed by atoms with Crippen molar-refractivity contribution < 1.29 is 9.90 Å². The van der Waals surface area contributed by atoms with Crippen LogP contribution in [0.5, 0.6) is 0 Å². The second kappa shape index (κ2) is 5.01. The number of benzene rings is 1. The molecule has 85 valence electrons. The summed E-state index contributed by atoms with van der Waals surface area (Å²) in [5, 5.41) is 9.28. The number of amides is 1. The van der Waals surface area contributed by atoms with E-state index in [-0.39, 0.29) is 0 Å². The average molecular weight is 218 g/mol. The topological polar surface area (TPSA) is 40.5 Å². The second-order valence-corrected chi connectivity index (χ2v) is 4.08. The SMILES string of the molecule is O=C(O)N([C]1CCCCC1)c1ccccc1. The first-order valence-electron chi connectivity index (χ1n) is 5.72. The van der Waals surface area contributed by atoms with E-state index >= 15 is 0 Å². The molecule has 0 spiro atoms. The first-order chi connectivity index (χ1) is 7.79. The molecule has 3 nitrogen and oxygen atoms in total. The van der Waals surface area contributed by atoms with Crippen molar-refractivity contribution >= 4 is 11.8 Å². The summed E-state index contributed by atoms with van der Waals surface area (Å²) >= 11 is 0. The molecule has 0 bridgehead atoms. The minimum Gasteiger partial charge on any atom is -0.465 e. The third kappa shape index (κ3) is 2.35. The summed E-state index contributed by atoms with van der Waals surface area (Å²) in [7, 11) is 0. The van der Waals surface area contributed by atoms with Crippen molar-refractivity contribution in [3.63, 3.8) is 0 Å². The molecule has 0 atom stereocenters. The van der Waals surface area contributed by atoms with Crippen LogP contribution in [0.1, 0.15) is 32.1 Å². The molecule has 0 aliphatic heterocycles. The quantitative estimate of drug-likeness (QED) is 0.822. The van der Waals surface area contributed by atoms with Gasteiger partial charge in [-0.05, 0) is 25.0 Å². The predicted molar refractivity (Wildman–Crippen MR) is 63.3 cm³/mol. The maximum absolute atomic E-state index is 11.3. The summed E-state index contributed by atoms with van der Waals surface area (Å²) in [4.78, 5) is 12.7. The van der Waals surface area contributed by atoms with Crippen molar-refractivity contribution in [2.45, 2.75) is 32.1 Å². The van der Waals surface area contributed by atoms with Gasteiger partial charge in [-0.3, -0.25) is 4.90 Å². The maximum atomic E-state index is 11.3. The highest BCUT2D eigenvalue weighted by Gasteiger charge is 2.27. The van der Waals surface area contributed by atoms with Gasteiger partial charge in [-0.1, -0.05) is 37.5 Å². The highest BCUT2D eigenvalue weighted by molar-refractivity contribution is 5.88. The van der Waals surface area contributed by atoms with E-state index in [0.717, 1.165) is 37.4 Å². The fourth-order valence-corrected chi connectivity index (χ4v) is 2.19. The Hall–Kier alpha value is -1.51. The molecule has 0 unspecified atom stereocenters. The van der Waals surface area contributed by atoms with Crippen molar-refractivity contribution in [1.82, 2.24) is 0 Å². The van der Waals surface area contributed by atoms with Crippen molar-refractivity contribution in [1.29, 1.82) is 0 Å². The molecule has 1 saturated carbocycles. The summed E-state index contributed by atoms with van der Waals surface area (Å²) in [6.45, 7) is 0. The van der Waals surface area contributed by atoms with Crippen molar-refractivity contribution in [2.24, 2.45) is 0 Å². The normalized spacial score (nSPS) is 17.0. The lowest BCUT2D eigenvalue weighted by molar-refractivity contribution is 0.201. The molecule has 0 heterocycles. The lowest BCUT2D eigenvalue weighted by Gasteiger charge is -2.31. The van der Waals surface area contributed by atoms with E-state index in [1.165, 1.54) is 11.3 Å². The Morgan fingerprint density at radius 2 is 1.69 bits per heavy atom. The number of carbonyl (C=O) groups is 1. The zero-order valence-electron chi connectivity index (χ0n) is 9.22. The number of para-hydroxylation sites is 1.